The van der Waals surface area contributed by atoms with Crippen molar-refractivity contribution in [2.24, 2.45) is 0 Å². The van der Waals surface area contributed by atoms with E-state index in [4.69, 9.17) is 0 Å². The average Bonchev–Trinajstić information content (AvgIpc) is 2.84. The Labute approximate surface area is 127 Å². The van der Waals surface area contributed by atoms with Crippen molar-refractivity contribution >= 4 is 29.7 Å². The molecule has 116 valence electrons. The summed E-state index contributed by atoms with van der Waals surface area (Å²) >= 11 is 1.61. The Morgan fingerprint density at radius 1 is 1.57 bits per heavy atom. The molecule has 2 rings (SSSR count). The number of halogens is 2. The Balaban J connectivity index is 2.26. The number of anilines is 2. The predicted molar refractivity (Wildman–Crippen MR) is 81.5 cm³/mol. The maximum atomic E-state index is 13.3. The molecule has 1 fully saturated rings. The first-order valence-corrected chi connectivity index (χ1v) is 7.89. The average molecular weight is 315 g/mol. The lowest BCUT2D eigenvalue weighted by atomic mass is 10.3. The normalized spacial score (nSPS) is 17.0. The van der Waals surface area contributed by atoms with Crippen molar-refractivity contribution in [3.63, 3.8) is 0 Å². The predicted octanol–water partition coefficient (Wildman–Crippen LogP) is 3.02. The van der Waals surface area contributed by atoms with Gasteiger partial charge in [0.1, 0.15) is 5.82 Å². The number of nitrogens with zero attached hydrogens (tertiary/aromatic N) is 3. The molecule has 1 aliphatic rings. The van der Waals surface area contributed by atoms with Crippen molar-refractivity contribution < 1.29 is 13.6 Å². The van der Waals surface area contributed by atoms with Gasteiger partial charge in [-0.2, -0.15) is 0 Å². The van der Waals surface area contributed by atoms with E-state index in [0.29, 0.717) is 17.9 Å². The van der Waals surface area contributed by atoms with Gasteiger partial charge in [0.2, 0.25) is 6.41 Å². The second kappa shape index (κ2) is 6.60. The summed E-state index contributed by atoms with van der Waals surface area (Å²) in [6.45, 7) is 2.04. The standard InChI is InChI=1S/C14H19F2N3OS/c1-3-6-21-12-8-17-13(7-11(12)18(2)10-20)19-5-4-14(15,16)9-19/h7-8,10H,3-6,9H2,1-2H3. The van der Waals surface area contributed by atoms with Crippen molar-refractivity contribution in [3.05, 3.63) is 12.3 Å². The number of hydrogen-bond acceptors (Lipinski definition) is 4. The molecule has 4 nitrogen and oxygen atoms in total. The third-order valence-electron chi connectivity index (χ3n) is 3.33. The number of aromatic nitrogens is 1. The van der Waals surface area contributed by atoms with Gasteiger partial charge in [-0.1, -0.05) is 6.92 Å². The van der Waals surface area contributed by atoms with Gasteiger partial charge in [0, 0.05) is 37.2 Å². The molecule has 0 bridgehead atoms. The zero-order valence-corrected chi connectivity index (χ0v) is 13.0. The third kappa shape index (κ3) is 3.84. The summed E-state index contributed by atoms with van der Waals surface area (Å²) in [5, 5.41) is 0. The fourth-order valence-corrected chi connectivity index (χ4v) is 3.08. The van der Waals surface area contributed by atoms with E-state index in [1.54, 1.807) is 36.0 Å². The topological polar surface area (TPSA) is 36.4 Å². The van der Waals surface area contributed by atoms with E-state index in [9.17, 15) is 13.6 Å². The first-order chi connectivity index (χ1) is 9.96. The molecule has 0 radical (unpaired) electrons. The molecule has 1 aromatic heterocycles. The molecule has 7 heteroatoms. The lowest BCUT2D eigenvalue weighted by Crippen LogP contribution is -2.26. The number of rotatable bonds is 6. The number of thioether (sulfide) groups is 1. The fourth-order valence-electron chi connectivity index (χ4n) is 2.18. The summed E-state index contributed by atoms with van der Waals surface area (Å²) in [6.07, 6.45) is 3.24. The van der Waals surface area contributed by atoms with Gasteiger partial charge >= 0.3 is 0 Å². The lowest BCUT2D eigenvalue weighted by molar-refractivity contribution is -0.107. The number of alkyl halides is 2. The van der Waals surface area contributed by atoms with E-state index in [0.717, 1.165) is 17.1 Å². The number of amides is 1. The first-order valence-electron chi connectivity index (χ1n) is 6.90. The molecule has 0 N–H and O–H groups in total. The molecular weight excluding hydrogens is 296 g/mol. The van der Waals surface area contributed by atoms with Crippen LogP contribution >= 0.6 is 11.8 Å². The van der Waals surface area contributed by atoms with Gasteiger partial charge in [-0.3, -0.25) is 4.79 Å². The van der Waals surface area contributed by atoms with E-state index in [-0.39, 0.29) is 19.5 Å². The summed E-state index contributed by atoms with van der Waals surface area (Å²) in [5.41, 5.74) is 0.712. The van der Waals surface area contributed by atoms with Crippen molar-refractivity contribution in [2.45, 2.75) is 30.6 Å². The van der Waals surface area contributed by atoms with Crippen LogP contribution in [0.15, 0.2) is 17.2 Å². The molecule has 0 unspecified atom stereocenters. The van der Waals surface area contributed by atoms with Crippen molar-refractivity contribution in [3.8, 4) is 0 Å². The highest BCUT2D eigenvalue weighted by Crippen LogP contribution is 2.35. The summed E-state index contributed by atoms with van der Waals surface area (Å²) in [4.78, 5) is 19.2. The van der Waals surface area contributed by atoms with E-state index >= 15 is 0 Å². The summed E-state index contributed by atoms with van der Waals surface area (Å²) < 4.78 is 26.6. The van der Waals surface area contributed by atoms with Crippen LogP contribution < -0.4 is 9.80 Å². The summed E-state index contributed by atoms with van der Waals surface area (Å²) in [5.74, 6) is -1.24. The van der Waals surface area contributed by atoms with Crippen LogP contribution in [0.4, 0.5) is 20.3 Å². The summed E-state index contributed by atoms with van der Waals surface area (Å²) in [6, 6.07) is 1.72. The molecule has 0 atom stereocenters. The highest BCUT2D eigenvalue weighted by Gasteiger charge is 2.38. The first kappa shape index (κ1) is 16.0. The lowest BCUT2D eigenvalue weighted by Gasteiger charge is -2.21. The zero-order chi connectivity index (χ0) is 15.5. The molecule has 0 saturated carbocycles. The minimum absolute atomic E-state index is 0.153. The van der Waals surface area contributed by atoms with Crippen LogP contribution in [-0.4, -0.2) is 43.2 Å². The van der Waals surface area contributed by atoms with Gasteiger partial charge in [0.15, 0.2) is 0 Å². The highest BCUT2D eigenvalue weighted by atomic mass is 32.2. The van der Waals surface area contributed by atoms with Gasteiger partial charge in [-0.25, -0.2) is 13.8 Å². The Bertz CT molecular complexity index is 513. The monoisotopic (exact) mass is 315 g/mol. The molecule has 1 aliphatic heterocycles. The molecule has 0 aromatic carbocycles. The summed E-state index contributed by atoms with van der Waals surface area (Å²) in [7, 11) is 1.65. The second-order valence-corrected chi connectivity index (χ2v) is 6.24. The quantitative estimate of drug-likeness (QED) is 0.597. The number of carbonyl (C=O) groups excluding carboxylic acids is 1. The van der Waals surface area contributed by atoms with Crippen LogP contribution in [0.2, 0.25) is 0 Å². The molecule has 21 heavy (non-hydrogen) atoms. The van der Waals surface area contributed by atoms with E-state index in [1.165, 1.54) is 4.90 Å². The number of pyridine rings is 1. The Morgan fingerprint density at radius 3 is 2.90 bits per heavy atom. The van der Waals surface area contributed by atoms with E-state index in [1.807, 2.05) is 0 Å². The van der Waals surface area contributed by atoms with Crippen LogP contribution in [-0.2, 0) is 4.79 Å². The van der Waals surface area contributed by atoms with Gasteiger partial charge in [0.05, 0.1) is 12.2 Å². The largest absolute Gasteiger partial charge is 0.350 e. The van der Waals surface area contributed by atoms with Crippen molar-refractivity contribution in [1.29, 1.82) is 0 Å². The van der Waals surface area contributed by atoms with E-state index in [2.05, 4.69) is 11.9 Å². The zero-order valence-electron chi connectivity index (χ0n) is 12.2. The van der Waals surface area contributed by atoms with Crippen molar-refractivity contribution in [1.82, 2.24) is 4.98 Å². The molecule has 2 heterocycles. The molecule has 0 spiro atoms. The minimum Gasteiger partial charge on any atom is -0.350 e. The SMILES string of the molecule is CCCSc1cnc(N2CCC(F)(F)C2)cc1N(C)C=O. The van der Waals surface area contributed by atoms with Crippen molar-refractivity contribution in [2.75, 3.05) is 35.7 Å². The minimum atomic E-state index is -2.66. The number of carbonyl (C=O) groups is 1. The van der Waals surface area contributed by atoms with Gasteiger partial charge in [-0.05, 0) is 12.2 Å². The van der Waals surface area contributed by atoms with Gasteiger partial charge in [0.25, 0.3) is 5.92 Å². The maximum Gasteiger partial charge on any atom is 0.266 e. The molecule has 1 aromatic rings. The smallest absolute Gasteiger partial charge is 0.266 e. The second-order valence-electron chi connectivity index (χ2n) is 5.10. The third-order valence-corrected chi connectivity index (χ3v) is 4.56. The maximum absolute atomic E-state index is 13.3. The van der Waals surface area contributed by atoms with E-state index < -0.39 is 5.92 Å². The van der Waals surface area contributed by atoms with Gasteiger partial charge in [-0.15, -0.1) is 11.8 Å². The van der Waals surface area contributed by atoms with Crippen LogP contribution in [0.3, 0.4) is 0 Å². The van der Waals surface area contributed by atoms with Crippen LogP contribution in [0.1, 0.15) is 19.8 Å². The van der Waals surface area contributed by atoms with Crippen LogP contribution in [0.25, 0.3) is 0 Å². The number of hydrogen-bond donors (Lipinski definition) is 0. The highest BCUT2D eigenvalue weighted by molar-refractivity contribution is 7.99. The Hall–Kier alpha value is -1.37. The Kier molecular flexibility index (Phi) is 5.03. The molecule has 1 saturated heterocycles. The van der Waals surface area contributed by atoms with Gasteiger partial charge < -0.3 is 9.80 Å². The molecule has 0 aliphatic carbocycles. The molecule has 1 amide bonds. The van der Waals surface area contributed by atoms with Crippen LogP contribution in [0.5, 0.6) is 0 Å². The van der Waals surface area contributed by atoms with Crippen LogP contribution in [0, 0.1) is 0 Å². The molecular formula is C14H19F2N3OS. The fraction of sp³-hybridized carbons (Fsp3) is 0.571. The Morgan fingerprint density at radius 2 is 2.33 bits per heavy atom.